The maximum Gasteiger partial charge on any atom is 0.273 e. The third-order valence-corrected chi connectivity index (χ3v) is 9.70. The molecule has 0 saturated carbocycles. The second kappa shape index (κ2) is 15.8. The van der Waals surface area contributed by atoms with Crippen LogP contribution in [0.2, 0.25) is 5.02 Å². The van der Waals surface area contributed by atoms with Crippen LogP contribution in [0.1, 0.15) is 17.7 Å². The molecule has 254 valence electrons. The van der Waals surface area contributed by atoms with Crippen LogP contribution in [0.25, 0.3) is 10.9 Å². The van der Waals surface area contributed by atoms with E-state index in [4.69, 9.17) is 21.1 Å². The van der Waals surface area contributed by atoms with Crippen LogP contribution in [0, 0.1) is 17.0 Å². The number of fused-ring (bicyclic) bond motifs is 1. The standard InChI is InChI=1S/C35H34ClN5O7S/c1-24-20-33(30-21-26(36)8-14-31(30)38-24)37-17-19-40(49(45,46)29-12-10-28(47-2)11-13-29)18-16-35(42)39-32-15-9-27(41(43)44)22-34(32)48-23-25-6-4-3-5-7-25/h3-15,20-22H,16-19,23H2,1-2H3,(H,37,38)(H,39,42). The number of anilines is 2. The number of halogens is 1. The Hall–Kier alpha value is -5.24. The highest BCUT2D eigenvalue weighted by Gasteiger charge is 2.25. The molecule has 1 aromatic heterocycles. The molecule has 12 nitrogen and oxygen atoms in total. The molecule has 0 saturated heterocycles. The lowest BCUT2D eigenvalue weighted by molar-refractivity contribution is -0.384. The van der Waals surface area contributed by atoms with Gasteiger partial charge in [-0.1, -0.05) is 41.9 Å². The minimum Gasteiger partial charge on any atom is -0.497 e. The molecular formula is C35H34ClN5O7S. The highest BCUT2D eigenvalue weighted by Crippen LogP contribution is 2.31. The second-order valence-corrected chi connectivity index (χ2v) is 13.4. The van der Waals surface area contributed by atoms with Crippen molar-refractivity contribution < 1.29 is 27.6 Å². The van der Waals surface area contributed by atoms with E-state index in [9.17, 15) is 23.3 Å². The first-order valence-corrected chi connectivity index (χ1v) is 17.1. The van der Waals surface area contributed by atoms with Crippen LogP contribution in [0.4, 0.5) is 17.1 Å². The van der Waals surface area contributed by atoms with Gasteiger partial charge in [-0.2, -0.15) is 4.31 Å². The van der Waals surface area contributed by atoms with E-state index < -0.39 is 20.9 Å². The topological polar surface area (TPSA) is 153 Å². The molecule has 1 heterocycles. The van der Waals surface area contributed by atoms with E-state index in [0.717, 1.165) is 27.8 Å². The zero-order valence-electron chi connectivity index (χ0n) is 26.8. The summed E-state index contributed by atoms with van der Waals surface area (Å²) in [5, 5.41) is 18.8. The summed E-state index contributed by atoms with van der Waals surface area (Å²) in [6, 6.07) is 26.3. The fourth-order valence-corrected chi connectivity index (χ4v) is 6.68. The van der Waals surface area contributed by atoms with Gasteiger partial charge < -0.3 is 20.1 Å². The molecule has 0 aliphatic rings. The number of nitro benzene ring substituents is 1. The predicted octanol–water partition coefficient (Wildman–Crippen LogP) is 6.82. The van der Waals surface area contributed by atoms with Gasteiger partial charge in [0, 0.05) is 53.9 Å². The highest BCUT2D eigenvalue weighted by atomic mass is 35.5. The van der Waals surface area contributed by atoms with Crippen LogP contribution >= 0.6 is 11.6 Å². The molecule has 0 radical (unpaired) electrons. The summed E-state index contributed by atoms with van der Waals surface area (Å²) in [5.41, 5.74) is 3.10. The molecule has 0 bridgehead atoms. The SMILES string of the molecule is COc1ccc(S(=O)(=O)N(CCNc2cc(C)nc3ccc(Cl)cc23)CCC(=O)Nc2ccc([N+](=O)[O-])cc2OCc2ccccc2)cc1. The Balaban J connectivity index is 1.33. The number of aromatic nitrogens is 1. The van der Waals surface area contributed by atoms with Crippen LogP contribution < -0.4 is 20.1 Å². The fourth-order valence-electron chi connectivity index (χ4n) is 5.06. The van der Waals surface area contributed by atoms with Crippen molar-refractivity contribution in [1.82, 2.24) is 9.29 Å². The summed E-state index contributed by atoms with van der Waals surface area (Å²) in [5.74, 6) is 0.100. The van der Waals surface area contributed by atoms with Crippen LogP contribution in [-0.4, -0.2) is 55.3 Å². The Morgan fingerprint density at radius 2 is 1.71 bits per heavy atom. The van der Waals surface area contributed by atoms with Crippen LogP contribution in [-0.2, 0) is 21.4 Å². The number of methoxy groups -OCH3 is 1. The van der Waals surface area contributed by atoms with Gasteiger partial charge in [0.25, 0.3) is 5.69 Å². The summed E-state index contributed by atoms with van der Waals surface area (Å²) >= 11 is 6.24. The molecule has 0 spiro atoms. The quantitative estimate of drug-likeness (QED) is 0.0883. The van der Waals surface area contributed by atoms with Gasteiger partial charge in [-0.05, 0) is 67.1 Å². The Bertz CT molecular complexity index is 2060. The molecule has 0 atom stereocenters. The molecule has 0 aliphatic heterocycles. The van der Waals surface area contributed by atoms with Crippen molar-refractivity contribution in [1.29, 1.82) is 0 Å². The minimum atomic E-state index is -4.04. The molecular weight excluding hydrogens is 670 g/mol. The number of ether oxygens (including phenoxy) is 2. The summed E-state index contributed by atoms with van der Waals surface area (Å²) in [6.45, 7) is 2.05. The van der Waals surface area contributed by atoms with E-state index in [2.05, 4.69) is 15.6 Å². The number of nitrogens with one attached hydrogen (secondary N) is 2. The van der Waals surface area contributed by atoms with Crippen molar-refractivity contribution in [3.8, 4) is 11.5 Å². The number of amides is 1. The number of hydrogen-bond acceptors (Lipinski definition) is 9. The van der Waals surface area contributed by atoms with Crippen molar-refractivity contribution in [3.63, 3.8) is 0 Å². The van der Waals surface area contributed by atoms with Crippen molar-refractivity contribution in [2.75, 3.05) is 37.4 Å². The zero-order chi connectivity index (χ0) is 35.0. The normalized spacial score (nSPS) is 11.3. The lowest BCUT2D eigenvalue weighted by Crippen LogP contribution is -2.37. The number of hydrogen-bond donors (Lipinski definition) is 2. The van der Waals surface area contributed by atoms with Gasteiger partial charge in [0.2, 0.25) is 15.9 Å². The third kappa shape index (κ3) is 9.02. The average molecular weight is 704 g/mol. The van der Waals surface area contributed by atoms with E-state index in [-0.39, 0.29) is 54.7 Å². The van der Waals surface area contributed by atoms with Gasteiger partial charge in [0.05, 0.1) is 34.2 Å². The smallest absolute Gasteiger partial charge is 0.273 e. The first-order valence-electron chi connectivity index (χ1n) is 15.2. The molecule has 0 unspecified atom stereocenters. The number of carbonyl (C=O) groups is 1. The van der Waals surface area contributed by atoms with E-state index in [1.165, 1.54) is 41.7 Å². The van der Waals surface area contributed by atoms with E-state index in [0.29, 0.717) is 10.8 Å². The largest absolute Gasteiger partial charge is 0.497 e. The summed E-state index contributed by atoms with van der Waals surface area (Å²) in [6.07, 6.45) is -0.211. The maximum absolute atomic E-state index is 13.8. The lowest BCUT2D eigenvalue weighted by Gasteiger charge is -2.23. The van der Waals surface area contributed by atoms with E-state index in [1.54, 1.807) is 24.3 Å². The Labute approximate surface area is 288 Å². The molecule has 1 amide bonds. The highest BCUT2D eigenvalue weighted by molar-refractivity contribution is 7.89. The number of nitrogens with zero attached hydrogens (tertiary/aromatic N) is 3. The Morgan fingerprint density at radius 3 is 2.43 bits per heavy atom. The first-order chi connectivity index (χ1) is 23.5. The lowest BCUT2D eigenvalue weighted by atomic mass is 10.1. The zero-order valence-corrected chi connectivity index (χ0v) is 28.3. The average Bonchev–Trinajstić information content (AvgIpc) is 3.09. The van der Waals surface area contributed by atoms with Gasteiger partial charge in [0.15, 0.2) is 0 Å². The summed E-state index contributed by atoms with van der Waals surface area (Å²) in [7, 11) is -2.56. The van der Waals surface area contributed by atoms with Crippen molar-refractivity contribution in [3.05, 3.63) is 123 Å². The van der Waals surface area contributed by atoms with E-state index in [1.807, 2.05) is 49.4 Å². The molecule has 2 N–H and O–H groups in total. The summed E-state index contributed by atoms with van der Waals surface area (Å²) < 4.78 is 40.0. The maximum atomic E-state index is 13.8. The monoisotopic (exact) mass is 703 g/mol. The van der Waals surface area contributed by atoms with Crippen molar-refractivity contribution >= 4 is 55.5 Å². The molecule has 0 fully saturated rings. The number of sulfonamides is 1. The number of carbonyl (C=O) groups excluding carboxylic acids is 1. The predicted molar refractivity (Wildman–Crippen MR) is 189 cm³/mol. The number of pyridine rings is 1. The van der Waals surface area contributed by atoms with Gasteiger partial charge in [-0.25, -0.2) is 8.42 Å². The molecule has 4 aromatic carbocycles. The molecule has 5 aromatic rings. The molecule has 0 aliphatic carbocycles. The third-order valence-electron chi connectivity index (χ3n) is 7.55. The number of benzene rings is 4. The van der Waals surface area contributed by atoms with Crippen LogP contribution in [0.3, 0.4) is 0 Å². The second-order valence-electron chi connectivity index (χ2n) is 11.0. The summed E-state index contributed by atoms with van der Waals surface area (Å²) in [4.78, 5) is 28.7. The molecule has 5 rings (SSSR count). The van der Waals surface area contributed by atoms with E-state index >= 15 is 0 Å². The number of non-ortho nitro benzene ring substituents is 1. The van der Waals surface area contributed by atoms with Gasteiger partial charge in [-0.15, -0.1) is 0 Å². The van der Waals surface area contributed by atoms with Crippen LogP contribution in [0.5, 0.6) is 11.5 Å². The van der Waals surface area contributed by atoms with Crippen molar-refractivity contribution in [2.45, 2.75) is 24.8 Å². The number of aryl methyl sites for hydroxylation is 1. The molecule has 49 heavy (non-hydrogen) atoms. The molecule has 14 heteroatoms. The fraction of sp³-hybridized carbons (Fsp3) is 0.200. The Morgan fingerprint density at radius 1 is 0.959 bits per heavy atom. The Kier molecular flexibility index (Phi) is 11.3. The van der Waals surface area contributed by atoms with Gasteiger partial charge in [0.1, 0.15) is 18.1 Å². The minimum absolute atomic E-state index is 0.0219. The number of rotatable bonds is 15. The number of nitro groups is 1. The van der Waals surface area contributed by atoms with Gasteiger partial charge >= 0.3 is 0 Å². The van der Waals surface area contributed by atoms with Crippen molar-refractivity contribution in [2.24, 2.45) is 0 Å². The van der Waals surface area contributed by atoms with Crippen LogP contribution in [0.15, 0.2) is 102 Å². The van der Waals surface area contributed by atoms with Gasteiger partial charge in [-0.3, -0.25) is 19.9 Å². The first kappa shape index (κ1) is 35.1.